The molecule has 1 aliphatic rings. The van der Waals surface area contributed by atoms with Crippen molar-refractivity contribution in [2.75, 3.05) is 24.6 Å². The van der Waals surface area contributed by atoms with Crippen LogP contribution >= 0.6 is 0 Å². The molecule has 1 aliphatic heterocycles. The largest absolute Gasteiger partial charge is 0.394 e. The number of nitrogens with zero attached hydrogens (tertiary/aromatic N) is 1. The Balaban J connectivity index is 2.25. The second kappa shape index (κ2) is 6.87. The first-order chi connectivity index (χ1) is 9.26. The number of hydrogen-bond acceptors (Lipinski definition) is 3. The van der Waals surface area contributed by atoms with Crippen molar-refractivity contribution in [2.45, 2.75) is 38.8 Å². The quantitative estimate of drug-likeness (QED) is 0.858. The van der Waals surface area contributed by atoms with E-state index in [4.69, 9.17) is 0 Å². The first-order valence-corrected chi connectivity index (χ1v) is 7.13. The van der Waals surface area contributed by atoms with Crippen molar-refractivity contribution in [2.24, 2.45) is 0 Å². The van der Waals surface area contributed by atoms with E-state index in [0.29, 0.717) is 6.54 Å². The number of aliphatic hydroxyl groups is 1. The number of aliphatic hydroxyl groups excluding tert-OH is 1. The van der Waals surface area contributed by atoms with Crippen LogP contribution in [0.3, 0.4) is 0 Å². The summed E-state index contributed by atoms with van der Waals surface area (Å²) in [7, 11) is 0. The van der Waals surface area contributed by atoms with Gasteiger partial charge in [0.2, 0.25) is 0 Å². The molecule has 0 amide bonds. The van der Waals surface area contributed by atoms with Gasteiger partial charge in [-0.05, 0) is 49.6 Å². The highest BCUT2D eigenvalue weighted by atomic mass is 19.1. The third kappa shape index (κ3) is 3.45. The van der Waals surface area contributed by atoms with Gasteiger partial charge in [-0.1, -0.05) is 6.92 Å². The van der Waals surface area contributed by atoms with Crippen molar-refractivity contribution in [3.05, 3.63) is 29.6 Å². The molecule has 0 aliphatic carbocycles. The van der Waals surface area contributed by atoms with Gasteiger partial charge in [0.15, 0.2) is 0 Å². The molecule has 19 heavy (non-hydrogen) atoms. The molecule has 106 valence electrons. The molecule has 0 spiro atoms. The van der Waals surface area contributed by atoms with Gasteiger partial charge in [0.1, 0.15) is 5.82 Å². The molecule has 1 saturated heterocycles. The fourth-order valence-electron chi connectivity index (χ4n) is 2.74. The predicted octanol–water partition coefficient (Wildman–Crippen LogP) is 2.29. The summed E-state index contributed by atoms with van der Waals surface area (Å²) in [5.41, 5.74) is 2.03. The molecule has 1 aromatic carbocycles. The van der Waals surface area contributed by atoms with Crippen LogP contribution in [-0.4, -0.2) is 30.8 Å². The van der Waals surface area contributed by atoms with E-state index in [-0.39, 0.29) is 18.5 Å². The minimum atomic E-state index is -0.200. The summed E-state index contributed by atoms with van der Waals surface area (Å²) in [6.07, 6.45) is 3.30. The van der Waals surface area contributed by atoms with Crippen LogP contribution in [0.4, 0.5) is 10.1 Å². The Morgan fingerprint density at radius 3 is 3.00 bits per heavy atom. The Morgan fingerprint density at radius 2 is 2.26 bits per heavy atom. The maximum atomic E-state index is 13.4. The molecule has 1 aromatic rings. The Labute approximate surface area is 114 Å². The number of piperidine rings is 1. The van der Waals surface area contributed by atoms with E-state index in [1.54, 1.807) is 6.07 Å². The zero-order valence-corrected chi connectivity index (χ0v) is 11.5. The van der Waals surface area contributed by atoms with Crippen LogP contribution in [0.5, 0.6) is 0 Å². The monoisotopic (exact) mass is 266 g/mol. The van der Waals surface area contributed by atoms with Gasteiger partial charge in [-0.25, -0.2) is 4.39 Å². The summed E-state index contributed by atoms with van der Waals surface area (Å²) in [4.78, 5) is 2.23. The van der Waals surface area contributed by atoms with Gasteiger partial charge in [-0.2, -0.15) is 0 Å². The molecule has 1 fully saturated rings. The highest BCUT2D eigenvalue weighted by Gasteiger charge is 2.23. The average molecular weight is 266 g/mol. The zero-order chi connectivity index (χ0) is 13.7. The molecule has 1 atom stereocenters. The topological polar surface area (TPSA) is 35.5 Å². The number of benzene rings is 1. The lowest BCUT2D eigenvalue weighted by Crippen LogP contribution is -2.42. The molecule has 1 unspecified atom stereocenters. The SMILES string of the molecule is CCNCc1cc(F)ccc1N1CCCCC1CO. The number of hydrogen-bond donors (Lipinski definition) is 2. The Hall–Kier alpha value is -1.13. The van der Waals surface area contributed by atoms with Gasteiger partial charge in [-0.3, -0.25) is 0 Å². The summed E-state index contributed by atoms with van der Waals surface area (Å²) in [6, 6.07) is 5.12. The van der Waals surface area contributed by atoms with Crippen molar-refractivity contribution in [3.8, 4) is 0 Å². The van der Waals surface area contributed by atoms with E-state index < -0.39 is 0 Å². The van der Waals surface area contributed by atoms with Crippen LogP contribution in [0.1, 0.15) is 31.7 Å². The van der Waals surface area contributed by atoms with Gasteiger partial charge >= 0.3 is 0 Å². The van der Waals surface area contributed by atoms with Crippen molar-refractivity contribution in [3.63, 3.8) is 0 Å². The fourth-order valence-corrected chi connectivity index (χ4v) is 2.74. The standard InChI is InChI=1S/C15H23FN2O/c1-2-17-10-12-9-13(16)6-7-15(12)18-8-4-3-5-14(18)11-19/h6-7,9,14,17,19H,2-5,8,10-11H2,1H3. The molecular formula is C15H23FN2O. The van der Waals surface area contributed by atoms with E-state index in [0.717, 1.165) is 43.6 Å². The molecule has 0 radical (unpaired) electrons. The minimum Gasteiger partial charge on any atom is -0.394 e. The van der Waals surface area contributed by atoms with Crippen molar-refractivity contribution in [1.29, 1.82) is 0 Å². The third-order valence-corrected chi connectivity index (χ3v) is 3.75. The molecule has 0 bridgehead atoms. The van der Waals surface area contributed by atoms with Gasteiger partial charge in [0.25, 0.3) is 0 Å². The lowest BCUT2D eigenvalue weighted by molar-refractivity contribution is 0.240. The number of nitrogens with one attached hydrogen (secondary N) is 1. The number of anilines is 1. The van der Waals surface area contributed by atoms with Crippen LogP contribution in [0.25, 0.3) is 0 Å². The summed E-state index contributed by atoms with van der Waals surface area (Å²) >= 11 is 0. The van der Waals surface area contributed by atoms with Gasteiger partial charge in [0.05, 0.1) is 12.6 Å². The average Bonchev–Trinajstić information content (AvgIpc) is 2.45. The van der Waals surface area contributed by atoms with Crippen LogP contribution in [0.2, 0.25) is 0 Å². The first kappa shape index (κ1) is 14.3. The predicted molar refractivity (Wildman–Crippen MR) is 75.9 cm³/mol. The van der Waals surface area contributed by atoms with Crippen LogP contribution in [-0.2, 0) is 6.54 Å². The molecule has 0 aromatic heterocycles. The highest BCUT2D eigenvalue weighted by Crippen LogP contribution is 2.28. The maximum absolute atomic E-state index is 13.4. The van der Waals surface area contributed by atoms with E-state index in [1.165, 1.54) is 6.07 Å². The molecule has 1 heterocycles. The van der Waals surface area contributed by atoms with Gasteiger partial charge in [-0.15, -0.1) is 0 Å². The second-order valence-electron chi connectivity index (χ2n) is 5.08. The number of rotatable bonds is 5. The van der Waals surface area contributed by atoms with E-state index in [9.17, 15) is 9.50 Å². The lowest BCUT2D eigenvalue weighted by Gasteiger charge is -2.37. The normalized spacial score (nSPS) is 19.7. The van der Waals surface area contributed by atoms with Crippen LogP contribution in [0.15, 0.2) is 18.2 Å². The van der Waals surface area contributed by atoms with Crippen molar-refractivity contribution in [1.82, 2.24) is 5.32 Å². The summed E-state index contributed by atoms with van der Waals surface area (Å²) < 4.78 is 13.4. The Kier molecular flexibility index (Phi) is 5.16. The smallest absolute Gasteiger partial charge is 0.123 e. The molecule has 2 N–H and O–H groups in total. The molecule has 3 nitrogen and oxygen atoms in total. The zero-order valence-electron chi connectivity index (χ0n) is 11.5. The third-order valence-electron chi connectivity index (χ3n) is 3.75. The molecular weight excluding hydrogens is 243 g/mol. The molecule has 4 heteroatoms. The van der Waals surface area contributed by atoms with E-state index in [1.807, 2.05) is 13.0 Å². The Morgan fingerprint density at radius 1 is 1.42 bits per heavy atom. The van der Waals surface area contributed by atoms with Crippen molar-refractivity contribution < 1.29 is 9.50 Å². The van der Waals surface area contributed by atoms with E-state index in [2.05, 4.69) is 10.2 Å². The highest BCUT2D eigenvalue weighted by molar-refractivity contribution is 5.55. The minimum absolute atomic E-state index is 0.165. The molecule has 0 saturated carbocycles. The fraction of sp³-hybridized carbons (Fsp3) is 0.600. The first-order valence-electron chi connectivity index (χ1n) is 7.13. The van der Waals surface area contributed by atoms with Crippen molar-refractivity contribution >= 4 is 5.69 Å². The summed E-state index contributed by atoms with van der Waals surface area (Å²) in [5, 5.41) is 12.8. The van der Waals surface area contributed by atoms with Gasteiger partial charge < -0.3 is 15.3 Å². The Bertz CT molecular complexity index is 411. The lowest BCUT2D eigenvalue weighted by atomic mass is 10.00. The van der Waals surface area contributed by atoms with Crippen LogP contribution < -0.4 is 10.2 Å². The maximum Gasteiger partial charge on any atom is 0.123 e. The van der Waals surface area contributed by atoms with E-state index >= 15 is 0 Å². The molecule has 2 rings (SSSR count). The van der Waals surface area contributed by atoms with Crippen LogP contribution in [0, 0.1) is 5.82 Å². The number of halogens is 1. The summed E-state index contributed by atoms with van der Waals surface area (Å²) in [6.45, 7) is 4.67. The van der Waals surface area contributed by atoms with Gasteiger partial charge in [0, 0.05) is 18.8 Å². The summed E-state index contributed by atoms with van der Waals surface area (Å²) in [5.74, 6) is -0.200. The second-order valence-corrected chi connectivity index (χ2v) is 5.08.